The molecule has 0 aliphatic heterocycles. The highest BCUT2D eigenvalue weighted by Gasteiger charge is 2.19. The quantitative estimate of drug-likeness (QED) is 0.475. The summed E-state index contributed by atoms with van der Waals surface area (Å²) in [6, 6.07) is 7.67. The van der Waals surface area contributed by atoms with Crippen LogP contribution in [0.15, 0.2) is 24.3 Å². The average Bonchev–Trinajstić information content (AvgIpc) is 2.64. The van der Waals surface area contributed by atoms with Gasteiger partial charge in [-0.2, -0.15) is 0 Å². The molecule has 1 aromatic carbocycles. The van der Waals surface area contributed by atoms with E-state index in [-0.39, 0.29) is 11.9 Å². The number of aromatic nitrogens is 1. The minimum absolute atomic E-state index is 0.0632. The second-order valence-corrected chi connectivity index (χ2v) is 8.81. The van der Waals surface area contributed by atoms with Gasteiger partial charge in [0.2, 0.25) is 0 Å². The van der Waals surface area contributed by atoms with Crippen LogP contribution in [0.2, 0.25) is 0 Å². The molecule has 2 amide bonds. The number of pyridine rings is 1. The molecule has 0 aliphatic rings. The minimum Gasteiger partial charge on any atom is -0.444 e. The summed E-state index contributed by atoms with van der Waals surface area (Å²) in [6.45, 7) is 11.7. The largest absolute Gasteiger partial charge is 0.444 e. The van der Waals surface area contributed by atoms with Crippen molar-refractivity contribution in [2.45, 2.75) is 72.2 Å². The topological polar surface area (TPSA) is 118 Å². The summed E-state index contributed by atoms with van der Waals surface area (Å²) in [5.41, 5.74) is 7.52. The van der Waals surface area contributed by atoms with Crippen LogP contribution in [0.3, 0.4) is 0 Å². The number of carbonyl (C=O) groups excluding carboxylic acids is 2. The third-order valence-corrected chi connectivity index (χ3v) is 4.57. The molecule has 2 unspecified atom stereocenters. The van der Waals surface area contributed by atoms with E-state index in [1.165, 1.54) is 0 Å². The van der Waals surface area contributed by atoms with Crippen molar-refractivity contribution in [1.29, 1.82) is 0 Å². The fourth-order valence-electron chi connectivity index (χ4n) is 3.11. The molecule has 0 bridgehead atoms. The second kappa shape index (κ2) is 10.4. The van der Waals surface area contributed by atoms with E-state index in [1.54, 1.807) is 6.92 Å². The zero-order valence-corrected chi connectivity index (χ0v) is 19.3. The molecule has 0 aliphatic carbocycles. The van der Waals surface area contributed by atoms with Crippen LogP contribution in [-0.2, 0) is 4.74 Å². The zero-order chi connectivity index (χ0) is 23.2. The fourth-order valence-corrected chi connectivity index (χ4v) is 3.11. The number of aryl methyl sites for hydroxylation is 1. The van der Waals surface area contributed by atoms with E-state index in [4.69, 9.17) is 10.5 Å². The van der Waals surface area contributed by atoms with Gasteiger partial charge in [-0.15, -0.1) is 0 Å². The minimum atomic E-state index is -0.545. The summed E-state index contributed by atoms with van der Waals surface area (Å²) in [5.74, 6) is 0.203. The van der Waals surface area contributed by atoms with Crippen LogP contribution in [0.1, 0.15) is 63.4 Å². The highest BCUT2D eigenvalue weighted by Crippen LogP contribution is 2.22. The summed E-state index contributed by atoms with van der Waals surface area (Å²) in [4.78, 5) is 29.4. The molecule has 1 aromatic heterocycles. The van der Waals surface area contributed by atoms with Crippen LogP contribution in [-0.4, -0.2) is 41.3 Å². The Morgan fingerprint density at radius 1 is 1.19 bits per heavy atom. The highest BCUT2D eigenvalue weighted by molar-refractivity contribution is 6.02. The molecule has 2 aromatic rings. The third-order valence-electron chi connectivity index (χ3n) is 4.57. The van der Waals surface area contributed by atoms with Gasteiger partial charge in [-0.3, -0.25) is 4.79 Å². The van der Waals surface area contributed by atoms with Gasteiger partial charge in [0.15, 0.2) is 0 Å². The number of ether oxygens (including phenoxy) is 1. The van der Waals surface area contributed by atoms with Crippen molar-refractivity contribution >= 4 is 28.7 Å². The molecule has 2 atom stereocenters. The molecule has 31 heavy (non-hydrogen) atoms. The maximum absolute atomic E-state index is 12.7. The highest BCUT2D eigenvalue weighted by atomic mass is 16.6. The predicted octanol–water partition coefficient (Wildman–Crippen LogP) is 3.68. The van der Waals surface area contributed by atoms with E-state index < -0.39 is 17.9 Å². The summed E-state index contributed by atoms with van der Waals surface area (Å²) in [5, 5.41) is 9.76. The number of hydrogen-bond acceptors (Lipinski definition) is 6. The van der Waals surface area contributed by atoms with Crippen molar-refractivity contribution in [3.8, 4) is 0 Å². The molecule has 5 N–H and O–H groups in total. The fraction of sp³-hybridized carbons (Fsp3) is 0.522. The van der Waals surface area contributed by atoms with Gasteiger partial charge in [-0.1, -0.05) is 18.6 Å². The number of hydrogen-bond donors (Lipinski definition) is 4. The normalized spacial score (nSPS) is 13.4. The summed E-state index contributed by atoms with van der Waals surface area (Å²) < 4.78 is 5.33. The van der Waals surface area contributed by atoms with E-state index in [0.29, 0.717) is 24.3 Å². The van der Waals surface area contributed by atoms with Crippen LogP contribution >= 0.6 is 0 Å². The van der Waals surface area contributed by atoms with Gasteiger partial charge >= 0.3 is 6.09 Å². The standard InChI is InChI=1S/C23H35N5O3/c1-7-17(27-22(30)31-23(4,5)6)10-11-25-20-18(21(29)26-15(3)24)13-16-12-14(2)8-9-19(16)28-20/h8-9,12-13,15,17H,7,10-11,24H2,1-6H3,(H,25,28)(H,26,29)(H,27,30). The molecule has 0 fully saturated rings. The predicted molar refractivity (Wildman–Crippen MR) is 124 cm³/mol. The number of fused-ring (bicyclic) bond motifs is 1. The number of alkyl carbamates (subject to hydrolysis) is 1. The summed E-state index contributed by atoms with van der Waals surface area (Å²) >= 11 is 0. The maximum Gasteiger partial charge on any atom is 0.407 e. The Hall–Kier alpha value is -2.87. The molecule has 170 valence electrons. The molecule has 8 heteroatoms. The van der Waals surface area contributed by atoms with Crippen LogP contribution in [0.25, 0.3) is 10.9 Å². The number of nitrogens with two attached hydrogens (primary N) is 1. The van der Waals surface area contributed by atoms with Gasteiger partial charge in [0.05, 0.1) is 17.2 Å². The Balaban J connectivity index is 2.14. The van der Waals surface area contributed by atoms with Crippen molar-refractivity contribution in [2.75, 3.05) is 11.9 Å². The molecule has 1 heterocycles. The average molecular weight is 430 g/mol. The van der Waals surface area contributed by atoms with E-state index >= 15 is 0 Å². The van der Waals surface area contributed by atoms with Gasteiger partial charge in [0, 0.05) is 18.0 Å². The number of rotatable bonds is 8. The Bertz CT molecular complexity index is 921. The number of nitrogens with zero attached hydrogens (tertiary/aromatic N) is 1. The lowest BCUT2D eigenvalue weighted by Gasteiger charge is -2.23. The van der Waals surface area contributed by atoms with Crippen molar-refractivity contribution in [3.05, 3.63) is 35.4 Å². The molecule has 0 saturated carbocycles. The molecule has 8 nitrogen and oxygen atoms in total. The molecule has 0 saturated heterocycles. The van der Waals surface area contributed by atoms with Gasteiger partial charge in [-0.05, 0) is 65.7 Å². The Labute approximate surface area is 184 Å². The Morgan fingerprint density at radius 3 is 2.52 bits per heavy atom. The van der Waals surface area contributed by atoms with Gasteiger partial charge in [0.25, 0.3) is 5.91 Å². The first kappa shape index (κ1) is 24.4. The van der Waals surface area contributed by atoms with Crippen molar-refractivity contribution in [2.24, 2.45) is 5.73 Å². The van der Waals surface area contributed by atoms with E-state index in [2.05, 4.69) is 20.9 Å². The van der Waals surface area contributed by atoms with E-state index in [9.17, 15) is 9.59 Å². The molecular formula is C23H35N5O3. The van der Waals surface area contributed by atoms with E-state index in [1.807, 2.05) is 58.9 Å². The number of carbonyl (C=O) groups is 2. The monoisotopic (exact) mass is 429 g/mol. The van der Waals surface area contributed by atoms with Crippen LogP contribution < -0.4 is 21.7 Å². The van der Waals surface area contributed by atoms with Gasteiger partial charge in [0.1, 0.15) is 11.4 Å². The maximum atomic E-state index is 12.7. The van der Waals surface area contributed by atoms with Crippen LogP contribution in [0, 0.1) is 6.92 Å². The van der Waals surface area contributed by atoms with Gasteiger partial charge < -0.3 is 26.4 Å². The smallest absolute Gasteiger partial charge is 0.407 e. The summed E-state index contributed by atoms with van der Waals surface area (Å²) in [6.07, 6.45) is 0.493. The SMILES string of the molecule is CCC(CCNc1nc2ccc(C)cc2cc1C(=O)NC(C)N)NC(=O)OC(C)(C)C. The van der Waals surface area contributed by atoms with Crippen molar-refractivity contribution < 1.29 is 14.3 Å². The molecular weight excluding hydrogens is 394 g/mol. The molecule has 0 spiro atoms. The lowest BCUT2D eigenvalue weighted by molar-refractivity contribution is 0.0501. The second-order valence-electron chi connectivity index (χ2n) is 8.81. The lowest BCUT2D eigenvalue weighted by atomic mass is 10.1. The Kier molecular flexibility index (Phi) is 8.21. The lowest BCUT2D eigenvalue weighted by Crippen LogP contribution is -2.40. The number of anilines is 1. The van der Waals surface area contributed by atoms with Crippen LogP contribution in [0.4, 0.5) is 10.6 Å². The number of benzene rings is 1. The first-order chi connectivity index (χ1) is 14.5. The third kappa shape index (κ3) is 7.71. The first-order valence-corrected chi connectivity index (χ1v) is 10.7. The summed E-state index contributed by atoms with van der Waals surface area (Å²) in [7, 11) is 0. The van der Waals surface area contributed by atoms with Crippen molar-refractivity contribution in [3.63, 3.8) is 0 Å². The zero-order valence-electron chi connectivity index (χ0n) is 19.3. The first-order valence-electron chi connectivity index (χ1n) is 10.7. The molecule has 2 rings (SSSR count). The number of nitrogens with one attached hydrogen (secondary N) is 3. The van der Waals surface area contributed by atoms with Crippen LogP contribution in [0.5, 0.6) is 0 Å². The van der Waals surface area contributed by atoms with Gasteiger partial charge in [-0.25, -0.2) is 9.78 Å². The van der Waals surface area contributed by atoms with Crippen molar-refractivity contribution in [1.82, 2.24) is 15.6 Å². The number of amides is 2. The Morgan fingerprint density at radius 2 is 1.90 bits per heavy atom. The molecule has 0 radical (unpaired) electrons. The van der Waals surface area contributed by atoms with E-state index in [0.717, 1.165) is 22.9 Å².